The molecule has 0 fully saturated rings. The first-order chi connectivity index (χ1) is 7.67. The molecule has 0 aliphatic carbocycles. The van der Waals surface area contributed by atoms with Gasteiger partial charge < -0.3 is 5.32 Å². The molecule has 0 saturated carbocycles. The van der Waals surface area contributed by atoms with E-state index in [0.29, 0.717) is 12.0 Å². The Hall–Kier alpha value is -0.410. The molecule has 1 unspecified atom stereocenters. The van der Waals surface area contributed by atoms with Gasteiger partial charge in [-0.1, -0.05) is 27.7 Å². The van der Waals surface area contributed by atoms with Crippen molar-refractivity contribution >= 4 is 11.3 Å². The molecular weight excluding hydrogens is 216 g/mol. The number of nitrogens with one attached hydrogen (secondary N) is 1. The van der Waals surface area contributed by atoms with Crippen LogP contribution >= 0.6 is 11.3 Å². The van der Waals surface area contributed by atoms with Crippen LogP contribution in [-0.4, -0.2) is 17.6 Å². The molecule has 0 bridgehead atoms. The highest BCUT2D eigenvalue weighted by Crippen LogP contribution is 2.15. The highest BCUT2D eigenvalue weighted by Gasteiger charge is 2.14. The zero-order valence-electron chi connectivity index (χ0n) is 10.9. The maximum Gasteiger partial charge on any atom is 0.0943 e. The highest BCUT2D eigenvalue weighted by atomic mass is 32.1. The van der Waals surface area contributed by atoms with Gasteiger partial charge in [0.05, 0.1) is 10.7 Å². The van der Waals surface area contributed by atoms with Crippen molar-refractivity contribution in [3.05, 3.63) is 16.1 Å². The predicted octanol–water partition coefficient (Wildman–Crippen LogP) is 3.27. The van der Waals surface area contributed by atoms with Crippen LogP contribution in [0.25, 0.3) is 0 Å². The Balaban J connectivity index is 2.53. The number of nitrogens with zero attached hydrogens (tertiary/aromatic N) is 1. The van der Waals surface area contributed by atoms with Crippen molar-refractivity contribution in [2.75, 3.05) is 6.54 Å². The van der Waals surface area contributed by atoms with Crippen LogP contribution in [0.15, 0.2) is 5.38 Å². The molecule has 3 heteroatoms. The molecule has 0 spiro atoms. The Bertz CT molecular complexity index is 294. The van der Waals surface area contributed by atoms with E-state index < -0.39 is 0 Å². The fraction of sp³-hybridized carbons (Fsp3) is 0.769. The third-order valence-electron chi connectivity index (χ3n) is 2.82. The van der Waals surface area contributed by atoms with Crippen molar-refractivity contribution in [2.24, 2.45) is 5.92 Å². The minimum absolute atomic E-state index is 0.566. The summed E-state index contributed by atoms with van der Waals surface area (Å²) in [5.74, 6) is 0.667. The summed E-state index contributed by atoms with van der Waals surface area (Å²) in [5.41, 5.74) is 1.23. The van der Waals surface area contributed by atoms with Crippen LogP contribution in [0.2, 0.25) is 0 Å². The van der Waals surface area contributed by atoms with Gasteiger partial charge in [-0.15, -0.1) is 11.3 Å². The van der Waals surface area contributed by atoms with E-state index in [9.17, 15) is 0 Å². The minimum Gasteiger partial charge on any atom is -0.313 e. The van der Waals surface area contributed by atoms with Crippen molar-refractivity contribution in [3.63, 3.8) is 0 Å². The number of aryl methyl sites for hydroxylation is 1. The minimum atomic E-state index is 0.566. The maximum absolute atomic E-state index is 4.64. The molecule has 0 aliphatic heterocycles. The average Bonchev–Trinajstić information content (AvgIpc) is 2.71. The van der Waals surface area contributed by atoms with Gasteiger partial charge >= 0.3 is 0 Å². The van der Waals surface area contributed by atoms with E-state index in [2.05, 4.69) is 43.4 Å². The van der Waals surface area contributed by atoms with Crippen molar-refractivity contribution < 1.29 is 0 Å². The van der Waals surface area contributed by atoms with Gasteiger partial charge in [0.15, 0.2) is 0 Å². The first-order valence-corrected chi connectivity index (χ1v) is 7.22. The van der Waals surface area contributed by atoms with Gasteiger partial charge in [0.25, 0.3) is 0 Å². The third kappa shape index (κ3) is 4.22. The SMILES string of the molecule is CCCNC(Cc1nc(CC)cs1)C(C)C. The second-order valence-corrected chi connectivity index (χ2v) is 5.54. The Morgan fingerprint density at radius 1 is 1.38 bits per heavy atom. The average molecular weight is 240 g/mol. The molecule has 1 rings (SSSR count). The fourth-order valence-electron chi connectivity index (χ4n) is 1.67. The molecule has 0 radical (unpaired) electrons. The van der Waals surface area contributed by atoms with Crippen LogP contribution in [0.1, 0.15) is 44.8 Å². The second-order valence-electron chi connectivity index (χ2n) is 4.59. The number of thiazole rings is 1. The van der Waals surface area contributed by atoms with Gasteiger partial charge in [-0.05, 0) is 25.3 Å². The van der Waals surface area contributed by atoms with E-state index in [-0.39, 0.29) is 0 Å². The summed E-state index contributed by atoms with van der Waals surface area (Å²) in [6.07, 6.45) is 3.31. The molecule has 0 aromatic carbocycles. The molecule has 2 nitrogen and oxygen atoms in total. The van der Waals surface area contributed by atoms with E-state index in [4.69, 9.17) is 0 Å². The molecule has 0 amide bonds. The lowest BCUT2D eigenvalue weighted by atomic mass is 10.0. The summed E-state index contributed by atoms with van der Waals surface area (Å²) < 4.78 is 0. The molecular formula is C13H24N2S. The van der Waals surface area contributed by atoms with E-state index in [0.717, 1.165) is 19.4 Å². The van der Waals surface area contributed by atoms with Gasteiger partial charge in [0.2, 0.25) is 0 Å². The van der Waals surface area contributed by atoms with Crippen molar-refractivity contribution in [2.45, 2.75) is 53.0 Å². The molecule has 0 aliphatic rings. The summed E-state index contributed by atoms with van der Waals surface area (Å²) in [6, 6.07) is 0.566. The Morgan fingerprint density at radius 3 is 2.62 bits per heavy atom. The van der Waals surface area contributed by atoms with Gasteiger partial charge in [-0.2, -0.15) is 0 Å². The Labute approximate surface area is 103 Å². The van der Waals surface area contributed by atoms with E-state index in [1.165, 1.54) is 17.1 Å². The normalized spacial score (nSPS) is 13.3. The molecule has 1 atom stereocenters. The van der Waals surface area contributed by atoms with Crippen LogP contribution in [0, 0.1) is 5.92 Å². The van der Waals surface area contributed by atoms with Gasteiger partial charge in [0.1, 0.15) is 0 Å². The summed E-state index contributed by atoms with van der Waals surface area (Å²) in [7, 11) is 0. The molecule has 1 aromatic heterocycles. The largest absolute Gasteiger partial charge is 0.313 e. The predicted molar refractivity (Wildman–Crippen MR) is 72.1 cm³/mol. The van der Waals surface area contributed by atoms with Crippen molar-refractivity contribution in [1.29, 1.82) is 0 Å². The Morgan fingerprint density at radius 2 is 2.12 bits per heavy atom. The molecule has 16 heavy (non-hydrogen) atoms. The molecule has 1 aromatic rings. The quantitative estimate of drug-likeness (QED) is 0.791. The summed E-state index contributed by atoms with van der Waals surface area (Å²) in [5, 5.41) is 7.08. The van der Waals surface area contributed by atoms with Gasteiger partial charge in [-0.3, -0.25) is 0 Å². The first-order valence-electron chi connectivity index (χ1n) is 6.34. The lowest BCUT2D eigenvalue weighted by Gasteiger charge is -2.21. The third-order valence-corrected chi connectivity index (χ3v) is 3.74. The molecule has 0 saturated heterocycles. The van der Waals surface area contributed by atoms with E-state index in [1.807, 2.05) is 0 Å². The van der Waals surface area contributed by atoms with E-state index >= 15 is 0 Å². The zero-order chi connectivity index (χ0) is 12.0. The summed E-state index contributed by atoms with van der Waals surface area (Å²) in [4.78, 5) is 4.64. The Kier molecular flexibility index (Phi) is 5.99. The molecule has 1 N–H and O–H groups in total. The van der Waals surface area contributed by atoms with Gasteiger partial charge in [-0.25, -0.2) is 4.98 Å². The van der Waals surface area contributed by atoms with Crippen molar-refractivity contribution in [1.82, 2.24) is 10.3 Å². The summed E-state index contributed by atoms with van der Waals surface area (Å²) in [6.45, 7) is 10.0. The smallest absolute Gasteiger partial charge is 0.0943 e. The number of hydrogen-bond acceptors (Lipinski definition) is 3. The fourth-order valence-corrected chi connectivity index (χ4v) is 2.60. The first kappa shape index (κ1) is 13.7. The van der Waals surface area contributed by atoms with Crippen molar-refractivity contribution in [3.8, 4) is 0 Å². The van der Waals surface area contributed by atoms with Crippen LogP contribution in [0.5, 0.6) is 0 Å². The van der Waals surface area contributed by atoms with Crippen LogP contribution in [-0.2, 0) is 12.8 Å². The highest BCUT2D eigenvalue weighted by molar-refractivity contribution is 7.09. The van der Waals surface area contributed by atoms with Crippen LogP contribution < -0.4 is 5.32 Å². The number of aromatic nitrogens is 1. The monoisotopic (exact) mass is 240 g/mol. The lowest BCUT2D eigenvalue weighted by Crippen LogP contribution is -2.36. The zero-order valence-corrected chi connectivity index (χ0v) is 11.7. The summed E-state index contributed by atoms with van der Waals surface area (Å²) >= 11 is 1.80. The maximum atomic E-state index is 4.64. The van der Waals surface area contributed by atoms with E-state index in [1.54, 1.807) is 11.3 Å². The topological polar surface area (TPSA) is 24.9 Å². The lowest BCUT2D eigenvalue weighted by molar-refractivity contribution is 0.397. The molecule has 92 valence electrons. The number of hydrogen-bond donors (Lipinski definition) is 1. The standard InChI is InChI=1S/C13H24N2S/c1-5-7-14-12(10(3)4)8-13-15-11(6-2)9-16-13/h9-10,12,14H,5-8H2,1-4H3. The van der Waals surface area contributed by atoms with Gasteiger partial charge in [0, 0.05) is 17.8 Å². The van der Waals surface area contributed by atoms with Crippen LogP contribution in [0.4, 0.5) is 0 Å². The number of rotatable bonds is 7. The molecule has 1 heterocycles. The van der Waals surface area contributed by atoms with Crippen LogP contribution in [0.3, 0.4) is 0 Å². The second kappa shape index (κ2) is 7.02.